The number of carboxylic acids is 1. The summed E-state index contributed by atoms with van der Waals surface area (Å²) in [5.74, 6) is -1.19. The first kappa shape index (κ1) is 9.68. The minimum absolute atomic E-state index is 0.132. The second-order valence-electron chi connectivity index (χ2n) is 1.88. The third kappa shape index (κ3) is 3.66. The van der Waals surface area contributed by atoms with E-state index in [4.69, 9.17) is 26.9 Å². The fraction of sp³-hybridized carbons (Fsp3) is 0.800. The minimum atomic E-state index is -1.19. The number of aliphatic carboxylic acids is 1. The molecule has 0 aliphatic heterocycles. The zero-order valence-electron chi connectivity index (χ0n) is 5.20. The van der Waals surface area contributed by atoms with E-state index in [0.717, 1.165) is 0 Å². The first-order valence-corrected chi connectivity index (χ1v) is 3.17. The molecule has 2 atom stereocenters. The van der Waals surface area contributed by atoms with Gasteiger partial charge in [-0.2, -0.15) is 0 Å². The quantitative estimate of drug-likeness (QED) is 0.491. The van der Waals surface area contributed by atoms with E-state index < -0.39 is 24.1 Å². The molecule has 0 saturated carbocycles. The third-order valence-electron chi connectivity index (χ3n) is 0.958. The molecule has 4 nitrogen and oxygen atoms in total. The normalized spacial score (nSPS) is 16.3. The lowest BCUT2D eigenvalue weighted by molar-refractivity contribution is -0.137. The highest BCUT2D eigenvalue weighted by atomic mass is 35.5. The Morgan fingerprint density at radius 2 is 2.10 bits per heavy atom. The van der Waals surface area contributed by atoms with Crippen LogP contribution in [0.3, 0.4) is 0 Å². The molecule has 0 radical (unpaired) electrons. The van der Waals surface area contributed by atoms with Crippen LogP contribution in [0.25, 0.3) is 0 Å². The van der Waals surface area contributed by atoms with E-state index in [9.17, 15) is 4.79 Å². The molecular formula is C5H9ClO4. The molecule has 10 heavy (non-hydrogen) atoms. The average Bonchev–Trinajstić information content (AvgIpc) is 1.87. The lowest BCUT2D eigenvalue weighted by Crippen LogP contribution is -2.23. The number of halogens is 1. The van der Waals surface area contributed by atoms with Gasteiger partial charge in [0.25, 0.3) is 0 Å². The molecule has 0 aliphatic carbocycles. The molecule has 0 amide bonds. The number of rotatable bonds is 4. The number of hydrogen-bond donors (Lipinski definition) is 3. The van der Waals surface area contributed by atoms with E-state index in [1.165, 1.54) is 0 Å². The van der Waals surface area contributed by atoms with Gasteiger partial charge in [-0.3, -0.25) is 4.79 Å². The van der Waals surface area contributed by atoms with Gasteiger partial charge in [0.1, 0.15) is 5.38 Å². The molecule has 0 saturated heterocycles. The van der Waals surface area contributed by atoms with Gasteiger partial charge < -0.3 is 15.3 Å². The maximum atomic E-state index is 10.0. The van der Waals surface area contributed by atoms with Gasteiger partial charge in [-0.1, -0.05) is 0 Å². The van der Waals surface area contributed by atoms with E-state index in [-0.39, 0.29) is 6.42 Å². The standard InChI is InChI=1S/C5H9ClO4/c6-4(5(9)10)1-3(8)2-7/h3-4,7-8H,1-2H2,(H,9,10). The summed E-state index contributed by atoms with van der Waals surface area (Å²) in [6.45, 7) is -0.462. The van der Waals surface area contributed by atoms with Crippen LogP contribution in [-0.2, 0) is 4.79 Å². The highest BCUT2D eigenvalue weighted by Crippen LogP contribution is 2.05. The Kier molecular flexibility index (Phi) is 4.34. The number of aliphatic hydroxyl groups is 2. The first-order valence-electron chi connectivity index (χ1n) is 2.73. The van der Waals surface area contributed by atoms with Crippen molar-refractivity contribution in [2.45, 2.75) is 17.9 Å². The van der Waals surface area contributed by atoms with Crippen molar-refractivity contribution in [3.63, 3.8) is 0 Å². The van der Waals surface area contributed by atoms with Crippen molar-refractivity contribution >= 4 is 17.6 Å². The summed E-state index contributed by atoms with van der Waals surface area (Å²) in [5.41, 5.74) is 0. The van der Waals surface area contributed by atoms with Crippen LogP contribution in [-0.4, -0.2) is 39.4 Å². The smallest absolute Gasteiger partial charge is 0.321 e. The highest BCUT2D eigenvalue weighted by molar-refractivity contribution is 6.29. The Morgan fingerprint density at radius 1 is 1.60 bits per heavy atom. The van der Waals surface area contributed by atoms with Crippen LogP contribution in [0.4, 0.5) is 0 Å². The summed E-state index contributed by atoms with van der Waals surface area (Å²) >= 11 is 5.22. The summed E-state index contributed by atoms with van der Waals surface area (Å²) in [4.78, 5) is 10.0. The topological polar surface area (TPSA) is 77.8 Å². The molecule has 5 heteroatoms. The van der Waals surface area contributed by atoms with Gasteiger partial charge >= 0.3 is 5.97 Å². The van der Waals surface area contributed by atoms with Crippen LogP contribution in [0.5, 0.6) is 0 Å². The number of hydrogen-bond acceptors (Lipinski definition) is 3. The number of carbonyl (C=O) groups is 1. The Balaban J connectivity index is 3.56. The SMILES string of the molecule is O=C(O)C(Cl)CC(O)CO. The van der Waals surface area contributed by atoms with E-state index in [1.807, 2.05) is 0 Å². The molecule has 0 rings (SSSR count). The molecule has 0 aliphatic rings. The monoisotopic (exact) mass is 168 g/mol. The van der Waals surface area contributed by atoms with Crippen LogP contribution in [0.2, 0.25) is 0 Å². The molecule has 0 aromatic heterocycles. The summed E-state index contributed by atoms with van der Waals surface area (Å²) in [6.07, 6.45) is -1.17. The lowest BCUT2D eigenvalue weighted by atomic mass is 10.2. The van der Waals surface area contributed by atoms with Crippen LogP contribution < -0.4 is 0 Å². The van der Waals surface area contributed by atoms with Gasteiger partial charge in [-0.25, -0.2) is 0 Å². The summed E-state index contributed by atoms with van der Waals surface area (Å²) in [6, 6.07) is 0. The molecular weight excluding hydrogens is 160 g/mol. The predicted molar refractivity (Wildman–Crippen MR) is 35.0 cm³/mol. The molecule has 0 spiro atoms. The zero-order chi connectivity index (χ0) is 8.15. The van der Waals surface area contributed by atoms with E-state index in [1.54, 1.807) is 0 Å². The number of carboxylic acid groups (broad SMARTS) is 1. The van der Waals surface area contributed by atoms with Crippen molar-refractivity contribution in [2.75, 3.05) is 6.61 Å². The zero-order valence-corrected chi connectivity index (χ0v) is 5.95. The van der Waals surface area contributed by atoms with Crippen molar-refractivity contribution in [1.29, 1.82) is 0 Å². The van der Waals surface area contributed by atoms with Crippen LogP contribution >= 0.6 is 11.6 Å². The molecule has 0 aromatic rings. The Morgan fingerprint density at radius 3 is 2.40 bits per heavy atom. The molecule has 0 heterocycles. The highest BCUT2D eigenvalue weighted by Gasteiger charge is 2.17. The molecule has 60 valence electrons. The summed E-state index contributed by atoms with van der Waals surface area (Å²) in [5, 5.41) is 24.0. The molecule has 3 N–H and O–H groups in total. The fourth-order valence-corrected chi connectivity index (χ4v) is 0.620. The second-order valence-corrected chi connectivity index (χ2v) is 2.40. The van der Waals surface area contributed by atoms with Crippen LogP contribution in [0.1, 0.15) is 6.42 Å². The van der Waals surface area contributed by atoms with E-state index >= 15 is 0 Å². The van der Waals surface area contributed by atoms with Gasteiger partial charge in [0.2, 0.25) is 0 Å². The van der Waals surface area contributed by atoms with Gasteiger partial charge in [-0.05, 0) is 0 Å². The largest absolute Gasteiger partial charge is 0.480 e. The van der Waals surface area contributed by atoms with Crippen molar-refractivity contribution in [3.8, 4) is 0 Å². The molecule has 0 fully saturated rings. The Bertz CT molecular complexity index is 116. The maximum absolute atomic E-state index is 10.0. The van der Waals surface area contributed by atoms with Gasteiger partial charge in [0.05, 0.1) is 12.7 Å². The van der Waals surface area contributed by atoms with Gasteiger partial charge in [-0.15, -0.1) is 11.6 Å². The summed E-state index contributed by atoms with van der Waals surface area (Å²) in [7, 11) is 0. The first-order chi connectivity index (χ1) is 4.57. The van der Waals surface area contributed by atoms with Crippen molar-refractivity contribution in [2.24, 2.45) is 0 Å². The fourth-order valence-electron chi connectivity index (χ4n) is 0.414. The van der Waals surface area contributed by atoms with Gasteiger partial charge in [0, 0.05) is 6.42 Å². The van der Waals surface area contributed by atoms with Crippen LogP contribution in [0, 0.1) is 0 Å². The molecule has 0 aromatic carbocycles. The van der Waals surface area contributed by atoms with Crippen molar-refractivity contribution in [3.05, 3.63) is 0 Å². The number of alkyl halides is 1. The second kappa shape index (κ2) is 4.49. The van der Waals surface area contributed by atoms with Gasteiger partial charge in [0.15, 0.2) is 0 Å². The number of aliphatic hydroxyl groups excluding tert-OH is 2. The van der Waals surface area contributed by atoms with Crippen LogP contribution in [0.15, 0.2) is 0 Å². The summed E-state index contributed by atoms with van der Waals surface area (Å²) < 4.78 is 0. The lowest BCUT2D eigenvalue weighted by Gasteiger charge is -2.07. The average molecular weight is 169 g/mol. The van der Waals surface area contributed by atoms with Crippen molar-refractivity contribution in [1.82, 2.24) is 0 Å². The predicted octanol–water partition coefficient (Wildman–Crippen LogP) is -0.578. The van der Waals surface area contributed by atoms with Crippen molar-refractivity contribution < 1.29 is 20.1 Å². The Hall–Kier alpha value is -0.320. The maximum Gasteiger partial charge on any atom is 0.321 e. The molecule has 0 bridgehead atoms. The minimum Gasteiger partial charge on any atom is -0.480 e. The Labute approximate surface area is 63.0 Å². The molecule has 2 unspecified atom stereocenters. The van der Waals surface area contributed by atoms with E-state index in [0.29, 0.717) is 0 Å². The third-order valence-corrected chi connectivity index (χ3v) is 1.32. The van der Waals surface area contributed by atoms with E-state index in [2.05, 4.69) is 0 Å².